The summed E-state index contributed by atoms with van der Waals surface area (Å²) in [6.45, 7) is 0. The van der Waals surface area contributed by atoms with Crippen molar-refractivity contribution in [1.29, 1.82) is 0 Å². The van der Waals surface area contributed by atoms with E-state index in [1.54, 1.807) is 12.1 Å². The minimum Gasteiger partial charge on any atom is -0.207 e. The molecule has 2 aliphatic carbocycles. The summed E-state index contributed by atoms with van der Waals surface area (Å²) < 4.78 is 29.0. The summed E-state index contributed by atoms with van der Waals surface area (Å²) >= 11 is 7.01. The minimum absolute atomic E-state index is 0.0406. The zero-order chi connectivity index (χ0) is 17.4. The summed E-state index contributed by atoms with van der Waals surface area (Å²) in [5, 5.41) is 0. The molecule has 2 aliphatic rings. The second-order valence-electron chi connectivity index (χ2n) is 6.92. The molecule has 4 rings (SSSR count). The fourth-order valence-corrected chi connectivity index (χ4v) is 7.03. The highest BCUT2D eigenvalue weighted by atomic mass is 35.5. The lowest BCUT2D eigenvalue weighted by atomic mass is 9.81. The summed E-state index contributed by atoms with van der Waals surface area (Å²) in [6, 6.07) is 13.6. The lowest BCUT2D eigenvalue weighted by Gasteiger charge is -2.32. The Hall–Kier alpha value is -1.14. The number of thiophene rings is 1. The molecule has 2 fully saturated rings. The van der Waals surface area contributed by atoms with Gasteiger partial charge < -0.3 is 0 Å². The third-order valence-corrected chi connectivity index (χ3v) is 8.43. The molecule has 2 bridgehead atoms. The summed E-state index contributed by atoms with van der Waals surface area (Å²) in [4.78, 5) is 0. The van der Waals surface area contributed by atoms with Gasteiger partial charge in [-0.3, -0.25) is 0 Å². The standard InChI is InChI=1S/C19H20ClNO2S2/c20-17-8-9-18(24-17)25(22,23)21-19-15-6-7-16(19)12-14(11-15)10-13-4-2-1-3-5-13/h1-5,8-10,15-16,19,21H,6-7,11-12H2. The maximum atomic E-state index is 12.6. The molecule has 25 heavy (non-hydrogen) atoms. The number of fused-ring (bicyclic) bond motifs is 2. The van der Waals surface area contributed by atoms with Crippen LogP contribution in [0.1, 0.15) is 31.2 Å². The predicted octanol–water partition coefficient (Wildman–Crippen LogP) is 4.95. The Kier molecular flexibility index (Phi) is 4.75. The largest absolute Gasteiger partial charge is 0.250 e. The second kappa shape index (κ2) is 6.88. The molecule has 0 amide bonds. The number of hydrogen-bond donors (Lipinski definition) is 1. The van der Waals surface area contributed by atoms with E-state index in [1.165, 1.54) is 11.1 Å². The fourth-order valence-electron chi connectivity index (χ4n) is 4.16. The van der Waals surface area contributed by atoms with Gasteiger partial charge in [0.05, 0.1) is 4.34 Å². The molecule has 3 nitrogen and oxygen atoms in total. The first-order valence-corrected chi connectivity index (χ1v) is 11.2. The number of nitrogens with one attached hydrogen (secondary N) is 1. The Balaban J connectivity index is 1.50. The maximum Gasteiger partial charge on any atom is 0.250 e. The summed E-state index contributed by atoms with van der Waals surface area (Å²) in [7, 11) is -3.48. The summed E-state index contributed by atoms with van der Waals surface area (Å²) in [5.74, 6) is 0.776. The van der Waals surface area contributed by atoms with E-state index in [2.05, 4.69) is 22.9 Å². The average Bonchev–Trinajstić information content (AvgIpc) is 3.10. The lowest BCUT2D eigenvalue weighted by molar-refractivity contribution is 0.333. The van der Waals surface area contributed by atoms with E-state index >= 15 is 0 Å². The number of sulfonamides is 1. The minimum atomic E-state index is -3.48. The monoisotopic (exact) mass is 393 g/mol. The summed E-state index contributed by atoms with van der Waals surface area (Å²) in [6.07, 6.45) is 6.41. The molecule has 6 heteroatoms. The normalized spacial score (nSPS) is 26.0. The molecule has 0 spiro atoms. The number of allylic oxidation sites excluding steroid dienone is 1. The fraction of sp³-hybridized carbons (Fsp3) is 0.368. The second-order valence-corrected chi connectivity index (χ2v) is 10.6. The van der Waals surface area contributed by atoms with Crippen molar-refractivity contribution >= 4 is 39.0 Å². The van der Waals surface area contributed by atoms with Gasteiger partial charge in [-0.2, -0.15) is 0 Å². The Labute approximate surface area is 157 Å². The van der Waals surface area contributed by atoms with Crippen molar-refractivity contribution in [3.05, 3.63) is 57.9 Å². The van der Waals surface area contributed by atoms with Crippen molar-refractivity contribution in [3.63, 3.8) is 0 Å². The molecule has 2 saturated carbocycles. The first kappa shape index (κ1) is 17.3. The van der Waals surface area contributed by atoms with Gasteiger partial charge in [0, 0.05) is 6.04 Å². The van der Waals surface area contributed by atoms with E-state index < -0.39 is 10.0 Å². The first-order chi connectivity index (χ1) is 12.0. The molecule has 1 aromatic carbocycles. The van der Waals surface area contributed by atoms with Gasteiger partial charge in [-0.1, -0.05) is 53.6 Å². The molecular weight excluding hydrogens is 374 g/mol. The van der Waals surface area contributed by atoms with Gasteiger partial charge in [0.25, 0.3) is 0 Å². The van der Waals surface area contributed by atoms with Crippen LogP contribution in [0, 0.1) is 11.8 Å². The zero-order valence-electron chi connectivity index (χ0n) is 13.7. The van der Waals surface area contributed by atoms with Gasteiger partial charge in [-0.05, 0) is 55.2 Å². The van der Waals surface area contributed by atoms with Crippen LogP contribution in [0.5, 0.6) is 0 Å². The average molecular weight is 394 g/mol. The number of hydrogen-bond acceptors (Lipinski definition) is 3. The van der Waals surface area contributed by atoms with Crippen LogP contribution >= 0.6 is 22.9 Å². The van der Waals surface area contributed by atoms with Crippen molar-refractivity contribution in [2.24, 2.45) is 11.8 Å². The molecule has 1 heterocycles. The number of benzene rings is 1. The number of halogens is 1. The smallest absolute Gasteiger partial charge is 0.207 e. The molecule has 2 atom stereocenters. The Morgan fingerprint density at radius 2 is 1.72 bits per heavy atom. The highest BCUT2D eigenvalue weighted by molar-refractivity contribution is 7.91. The molecular formula is C19H20ClNO2S2. The van der Waals surface area contributed by atoms with Crippen molar-refractivity contribution in [3.8, 4) is 0 Å². The van der Waals surface area contributed by atoms with Crippen LogP contribution in [0.3, 0.4) is 0 Å². The third kappa shape index (κ3) is 3.70. The van der Waals surface area contributed by atoms with Gasteiger partial charge in [0.1, 0.15) is 4.21 Å². The quantitative estimate of drug-likeness (QED) is 0.798. The van der Waals surface area contributed by atoms with E-state index in [-0.39, 0.29) is 6.04 Å². The molecule has 132 valence electrons. The predicted molar refractivity (Wildman–Crippen MR) is 103 cm³/mol. The van der Waals surface area contributed by atoms with Gasteiger partial charge in [0.15, 0.2) is 0 Å². The van der Waals surface area contributed by atoms with Crippen LogP contribution in [-0.2, 0) is 10.0 Å². The van der Waals surface area contributed by atoms with Crippen molar-refractivity contribution < 1.29 is 8.42 Å². The molecule has 1 aromatic heterocycles. The molecule has 0 saturated heterocycles. The van der Waals surface area contributed by atoms with Crippen molar-refractivity contribution in [2.45, 2.75) is 35.9 Å². The molecule has 2 unspecified atom stereocenters. The van der Waals surface area contributed by atoms with Crippen LogP contribution in [-0.4, -0.2) is 14.5 Å². The van der Waals surface area contributed by atoms with Gasteiger partial charge in [-0.15, -0.1) is 11.3 Å². The lowest BCUT2D eigenvalue weighted by Crippen LogP contribution is -2.43. The van der Waals surface area contributed by atoms with Gasteiger partial charge in [-0.25, -0.2) is 13.1 Å². The SMILES string of the molecule is O=S(=O)(NC1C2CCC1CC(=Cc1ccccc1)C2)c1ccc(Cl)s1. The third-order valence-electron chi connectivity index (χ3n) is 5.25. The molecule has 2 aromatic rings. The topological polar surface area (TPSA) is 46.2 Å². The first-order valence-electron chi connectivity index (χ1n) is 8.53. The highest BCUT2D eigenvalue weighted by Crippen LogP contribution is 2.45. The summed E-state index contributed by atoms with van der Waals surface area (Å²) in [5.41, 5.74) is 2.66. The Morgan fingerprint density at radius 1 is 1.04 bits per heavy atom. The Bertz CT molecular complexity index is 873. The van der Waals surface area contributed by atoms with Crippen LogP contribution in [0.15, 0.2) is 52.2 Å². The van der Waals surface area contributed by atoms with Crippen LogP contribution in [0.2, 0.25) is 4.34 Å². The van der Waals surface area contributed by atoms with E-state index in [0.717, 1.165) is 37.0 Å². The van der Waals surface area contributed by atoms with Crippen molar-refractivity contribution in [2.75, 3.05) is 0 Å². The van der Waals surface area contributed by atoms with E-state index in [0.29, 0.717) is 20.4 Å². The van der Waals surface area contributed by atoms with E-state index in [9.17, 15) is 8.42 Å². The van der Waals surface area contributed by atoms with Crippen LogP contribution < -0.4 is 4.72 Å². The highest BCUT2D eigenvalue weighted by Gasteiger charge is 2.42. The van der Waals surface area contributed by atoms with Gasteiger partial charge in [0.2, 0.25) is 10.0 Å². The van der Waals surface area contributed by atoms with Gasteiger partial charge >= 0.3 is 0 Å². The Morgan fingerprint density at radius 3 is 2.32 bits per heavy atom. The van der Waals surface area contributed by atoms with Crippen LogP contribution in [0.4, 0.5) is 0 Å². The van der Waals surface area contributed by atoms with Crippen molar-refractivity contribution in [1.82, 2.24) is 4.72 Å². The molecule has 0 aliphatic heterocycles. The van der Waals surface area contributed by atoms with E-state index in [1.807, 2.05) is 18.2 Å². The van der Waals surface area contributed by atoms with E-state index in [4.69, 9.17) is 11.6 Å². The molecule has 0 radical (unpaired) electrons. The maximum absolute atomic E-state index is 12.6. The molecule has 1 N–H and O–H groups in total. The zero-order valence-corrected chi connectivity index (χ0v) is 16.1. The van der Waals surface area contributed by atoms with Crippen LogP contribution in [0.25, 0.3) is 6.08 Å². The number of rotatable bonds is 4.